The molecule has 1 saturated heterocycles. The van der Waals surface area contributed by atoms with Gasteiger partial charge in [0.15, 0.2) is 0 Å². The van der Waals surface area contributed by atoms with Crippen LogP contribution in [0.15, 0.2) is 0 Å². The summed E-state index contributed by atoms with van der Waals surface area (Å²) in [6.45, 7) is 6.68. The van der Waals surface area contributed by atoms with Gasteiger partial charge in [-0.2, -0.15) is 5.26 Å². The van der Waals surface area contributed by atoms with E-state index in [4.69, 9.17) is 5.26 Å². The number of nitriles is 1. The molecule has 3 atom stereocenters. The van der Waals surface area contributed by atoms with Gasteiger partial charge in [0.05, 0.1) is 6.07 Å². The molecule has 3 nitrogen and oxygen atoms in total. The lowest BCUT2D eigenvalue weighted by molar-refractivity contribution is 0.226. The minimum atomic E-state index is -0.0368. The Morgan fingerprint density at radius 2 is 2.31 bits per heavy atom. The van der Waals surface area contributed by atoms with E-state index in [0.717, 1.165) is 19.0 Å². The summed E-state index contributed by atoms with van der Waals surface area (Å²) in [5.41, 5.74) is 0. The molecular weight excluding hydrogens is 162 g/mol. The highest BCUT2D eigenvalue weighted by molar-refractivity contribution is 4.98. The van der Waals surface area contributed by atoms with Crippen LogP contribution in [0.3, 0.4) is 0 Å². The van der Waals surface area contributed by atoms with Crippen LogP contribution >= 0.6 is 0 Å². The maximum atomic E-state index is 8.88. The summed E-state index contributed by atoms with van der Waals surface area (Å²) in [7, 11) is 1.85. The van der Waals surface area contributed by atoms with Gasteiger partial charge in [-0.15, -0.1) is 0 Å². The van der Waals surface area contributed by atoms with Crippen LogP contribution in [0.2, 0.25) is 0 Å². The number of likely N-dealkylation sites (N-methyl/N-ethyl adjacent to an activating group) is 1. The zero-order valence-corrected chi connectivity index (χ0v) is 8.75. The molecule has 1 heterocycles. The van der Waals surface area contributed by atoms with Crippen LogP contribution in [-0.2, 0) is 0 Å². The van der Waals surface area contributed by atoms with Crippen molar-refractivity contribution in [2.45, 2.75) is 32.4 Å². The van der Waals surface area contributed by atoms with Gasteiger partial charge in [-0.05, 0) is 32.9 Å². The van der Waals surface area contributed by atoms with Crippen molar-refractivity contribution in [3.63, 3.8) is 0 Å². The first-order valence-corrected chi connectivity index (χ1v) is 5.00. The molecule has 1 aliphatic rings. The predicted molar refractivity (Wildman–Crippen MR) is 53.3 cm³/mol. The molecule has 74 valence electrons. The molecule has 0 saturated carbocycles. The lowest BCUT2D eigenvalue weighted by Crippen LogP contribution is -2.45. The third kappa shape index (κ3) is 2.43. The molecule has 3 unspecified atom stereocenters. The van der Waals surface area contributed by atoms with E-state index >= 15 is 0 Å². The highest BCUT2D eigenvalue weighted by Crippen LogP contribution is 2.18. The third-order valence-corrected chi connectivity index (χ3v) is 2.96. The van der Waals surface area contributed by atoms with Gasteiger partial charge in [0.25, 0.3) is 0 Å². The Morgan fingerprint density at radius 1 is 1.62 bits per heavy atom. The molecule has 0 bridgehead atoms. The zero-order valence-electron chi connectivity index (χ0n) is 8.75. The summed E-state index contributed by atoms with van der Waals surface area (Å²) in [5.74, 6) is 0.790. The van der Waals surface area contributed by atoms with Crippen LogP contribution < -0.4 is 5.32 Å². The SMILES string of the molecule is CNC(C#N)C(C)N1CCC(C)C1. The van der Waals surface area contributed by atoms with Crippen molar-refractivity contribution in [2.24, 2.45) is 5.92 Å². The average molecular weight is 181 g/mol. The fraction of sp³-hybridized carbons (Fsp3) is 0.900. The molecule has 0 spiro atoms. The van der Waals surface area contributed by atoms with Gasteiger partial charge in [0, 0.05) is 12.6 Å². The minimum absolute atomic E-state index is 0.0368. The average Bonchev–Trinajstić information content (AvgIpc) is 2.54. The Morgan fingerprint density at radius 3 is 2.69 bits per heavy atom. The monoisotopic (exact) mass is 181 g/mol. The largest absolute Gasteiger partial charge is 0.304 e. The normalized spacial score (nSPS) is 28.3. The van der Waals surface area contributed by atoms with Gasteiger partial charge in [-0.25, -0.2) is 0 Å². The Bertz CT molecular complexity index is 197. The van der Waals surface area contributed by atoms with Crippen LogP contribution in [0, 0.1) is 17.2 Å². The Labute approximate surface area is 80.7 Å². The number of hydrogen-bond donors (Lipinski definition) is 1. The number of rotatable bonds is 3. The lowest BCUT2D eigenvalue weighted by Gasteiger charge is -2.27. The van der Waals surface area contributed by atoms with Gasteiger partial charge in [0.2, 0.25) is 0 Å². The minimum Gasteiger partial charge on any atom is -0.304 e. The van der Waals surface area contributed by atoms with Crippen molar-refractivity contribution >= 4 is 0 Å². The third-order valence-electron chi connectivity index (χ3n) is 2.96. The van der Waals surface area contributed by atoms with Gasteiger partial charge in [-0.3, -0.25) is 4.90 Å². The van der Waals surface area contributed by atoms with Crippen molar-refractivity contribution in [1.82, 2.24) is 10.2 Å². The summed E-state index contributed by atoms with van der Waals surface area (Å²) in [4.78, 5) is 2.40. The molecule has 0 aromatic rings. The smallest absolute Gasteiger partial charge is 0.110 e. The lowest BCUT2D eigenvalue weighted by atomic mass is 10.1. The molecule has 1 N–H and O–H groups in total. The summed E-state index contributed by atoms with van der Waals surface area (Å²) >= 11 is 0. The van der Waals surface area contributed by atoms with Crippen molar-refractivity contribution in [3.05, 3.63) is 0 Å². The van der Waals surface area contributed by atoms with Crippen molar-refractivity contribution in [3.8, 4) is 6.07 Å². The fourth-order valence-electron chi connectivity index (χ4n) is 1.96. The van der Waals surface area contributed by atoms with Crippen molar-refractivity contribution in [1.29, 1.82) is 5.26 Å². The molecule has 0 aromatic carbocycles. The zero-order chi connectivity index (χ0) is 9.84. The number of nitrogens with zero attached hydrogens (tertiary/aromatic N) is 2. The van der Waals surface area contributed by atoms with E-state index in [1.807, 2.05) is 7.05 Å². The van der Waals surface area contributed by atoms with E-state index in [-0.39, 0.29) is 6.04 Å². The van der Waals surface area contributed by atoms with E-state index in [1.165, 1.54) is 6.42 Å². The topological polar surface area (TPSA) is 39.1 Å². The maximum Gasteiger partial charge on any atom is 0.110 e. The summed E-state index contributed by atoms with van der Waals surface area (Å²) in [6.07, 6.45) is 1.27. The van der Waals surface area contributed by atoms with Crippen molar-refractivity contribution in [2.75, 3.05) is 20.1 Å². The molecule has 1 rings (SSSR count). The van der Waals surface area contributed by atoms with Crippen LogP contribution in [-0.4, -0.2) is 37.1 Å². The van der Waals surface area contributed by atoms with E-state index in [1.54, 1.807) is 0 Å². The van der Waals surface area contributed by atoms with Crippen LogP contribution in [0.5, 0.6) is 0 Å². The summed E-state index contributed by atoms with van der Waals surface area (Å²) < 4.78 is 0. The van der Waals surface area contributed by atoms with E-state index in [0.29, 0.717) is 6.04 Å². The molecule has 1 aliphatic heterocycles. The quantitative estimate of drug-likeness (QED) is 0.701. The molecule has 13 heavy (non-hydrogen) atoms. The second-order valence-electron chi connectivity index (χ2n) is 4.02. The maximum absolute atomic E-state index is 8.88. The first-order chi connectivity index (χ1) is 6.19. The van der Waals surface area contributed by atoms with E-state index in [9.17, 15) is 0 Å². The first kappa shape index (κ1) is 10.5. The van der Waals surface area contributed by atoms with E-state index < -0.39 is 0 Å². The Balaban J connectivity index is 2.47. The first-order valence-electron chi connectivity index (χ1n) is 5.00. The predicted octanol–water partition coefficient (Wildman–Crippen LogP) is 0.828. The van der Waals surface area contributed by atoms with Gasteiger partial charge in [0.1, 0.15) is 6.04 Å². The number of hydrogen-bond acceptors (Lipinski definition) is 3. The molecular formula is C10H19N3. The van der Waals surface area contributed by atoms with Crippen LogP contribution in [0.25, 0.3) is 0 Å². The fourth-order valence-corrected chi connectivity index (χ4v) is 1.96. The second-order valence-corrected chi connectivity index (χ2v) is 4.02. The molecule has 0 radical (unpaired) electrons. The highest BCUT2D eigenvalue weighted by Gasteiger charge is 2.27. The molecule has 0 aromatic heterocycles. The highest BCUT2D eigenvalue weighted by atomic mass is 15.2. The molecule has 0 aliphatic carbocycles. The Hall–Kier alpha value is -0.590. The molecule has 3 heteroatoms. The summed E-state index contributed by atoms with van der Waals surface area (Å²) in [5, 5.41) is 11.9. The van der Waals surface area contributed by atoms with Crippen molar-refractivity contribution < 1.29 is 0 Å². The number of likely N-dealkylation sites (tertiary alicyclic amines) is 1. The van der Waals surface area contributed by atoms with E-state index in [2.05, 4.69) is 30.1 Å². The Kier molecular flexibility index (Phi) is 3.71. The second kappa shape index (κ2) is 4.59. The summed E-state index contributed by atoms with van der Waals surface area (Å²) in [6, 6.07) is 2.59. The van der Waals surface area contributed by atoms with Crippen LogP contribution in [0.4, 0.5) is 0 Å². The van der Waals surface area contributed by atoms with Gasteiger partial charge >= 0.3 is 0 Å². The number of nitrogens with one attached hydrogen (secondary N) is 1. The van der Waals surface area contributed by atoms with Gasteiger partial charge < -0.3 is 5.32 Å². The van der Waals surface area contributed by atoms with Gasteiger partial charge in [-0.1, -0.05) is 6.92 Å². The molecule has 1 fully saturated rings. The standard InChI is InChI=1S/C10H19N3/c1-8-4-5-13(7-8)9(2)10(6-11)12-3/h8-10,12H,4-5,7H2,1-3H3. The van der Waals surface area contributed by atoms with Crippen LogP contribution in [0.1, 0.15) is 20.3 Å². The molecule has 0 amide bonds.